The summed E-state index contributed by atoms with van der Waals surface area (Å²) in [6.45, 7) is 0. The molecule has 2 aromatic rings. The van der Waals surface area contributed by atoms with E-state index in [1.165, 1.54) is 4.88 Å². The number of hydrogen-bond acceptors (Lipinski definition) is 1. The topological polar surface area (TPSA) is 0 Å². The van der Waals surface area contributed by atoms with E-state index in [1.54, 1.807) is 11.3 Å². The van der Waals surface area contributed by atoms with E-state index in [1.807, 2.05) is 30.3 Å². The first-order chi connectivity index (χ1) is 7.27. The van der Waals surface area contributed by atoms with Crippen molar-refractivity contribution < 1.29 is 0 Å². The van der Waals surface area contributed by atoms with Crippen LogP contribution in [-0.2, 0) is 6.42 Å². The van der Waals surface area contributed by atoms with Crippen LogP contribution in [0.2, 0.25) is 5.02 Å². The van der Waals surface area contributed by atoms with Crippen LogP contribution in [0.5, 0.6) is 0 Å². The first kappa shape index (κ1) is 11.0. The van der Waals surface area contributed by atoms with Gasteiger partial charge in [0.25, 0.3) is 0 Å². The van der Waals surface area contributed by atoms with Crippen molar-refractivity contribution in [3.05, 3.63) is 57.2 Å². The molecular formula is C12H10Cl2S. The molecule has 0 radical (unpaired) electrons. The molecule has 3 heteroatoms. The second-order valence-corrected chi connectivity index (χ2v) is 5.24. The molecule has 0 N–H and O–H groups in total. The molecule has 0 amide bonds. The van der Waals surface area contributed by atoms with Crippen molar-refractivity contribution >= 4 is 34.5 Å². The average molecular weight is 257 g/mol. The smallest absolute Gasteiger partial charge is 0.0648 e. The lowest BCUT2D eigenvalue weighted by atomic mass is 10.1. The van der Waals surface area contributed by atoms with Gasteiger partial charge in [0, 0.05) is 16.3 Å². The van der Waals surface area contributed by atoms with Crippen LogP contribution in [0.15, 0.2) is 41.8 Å². The Morgan fingerprint density at radius 1 is 1.13 bits per heavy atom. The summed E-state index contributed by atoms with van der Waals surface area (Å²) in [6.07, 6.45) is 0.836. The number of benzene rings is 1. The molecule has 0 aliphatic carbocycles. The Balaban J connectivity index is 2.15. The zero-order valence-electron chi connectivity index (χ0n) is 7.99. The van der Waals surface area contributed by atoms with Crippen LogP contribution in [0.4, 0.5) is 0 Å². The van der Waals surface area contributed by atoms with Crippen LogP contribution in [0.3, 0.4) is 0 Å². The maximum Gasteiger partial charge on any atom is 0.0648 e. The Morgan fingerprint density at radius 3 is 2.60 bits per heavy atom. The quantitative estimate of drug-likeness (QED) is 0.684. The minimum absolute atomic E-state index is 0.0441. The number of rotatable bonds is 3. The van der Waals surface area contributed by atoms with Crippen molar-refractivity contribution in [2.45, 2.75) is 11.8 Å². The van der Waals surface area contributed by atoms with Gasteiger partial charge in [0.05, 0.1) is 5.38 Å². The third kappa shape index (κ3) is 2.75. The van der Waals surface area contributed by atoms with E-state index in [2.05, 4.69) is 11.4 Å². The summed E-state index contributed by atoms with van der Waals surface area (Å²) in [5, 5.41) is 2.76. The van der Waals surface area contributed by atoms with E-state index in [4.69, 9.17) is 23.2 Å². The summed E-state index contributed by atoms with van der Waals surface area (Å²) in [7, 11) is 0. The molecule has 0 aliphatic rings. The van der Waals surface area contributed by atoms with Crippen molar-refractivity contribution in [3.8, 4) is 0 Å². The molecule has 1 unspecified atom stereocenters. The minimum atomic E-state index is -0.0441. The van der Waals surface area contributed by atoms with Crippen molar-refractivity contribution in [2.24, 2.45) is 0 Å². The van der Waals surface area contributed by atoms with Crippen molar-refractivity contribution in [1.82, 2.24) is 0 Å². The van der Waals surface area contributed by atoms with Gasteiger partial charge >= 0.3 is 0 Å². The predicted molar refractivity (Wildman–Crippen MR) is 68.1 cm³/mol. The van der Waals surface area contributed by atoms with E-state index >= 15 is 0 Å². The lowest BCUT2D eigenvalue weighted by Gasteiger charge is -2.10. The van der Waals surface area contributed by atoms with Gasteiger partial charge < -0.3 is 0 Å². The maximum atomic E-state index is 6.33. The van der Waals surface area contributed by atoms with Crippen molar-refractivity contribution in [3.63, 3.8) is 0 Å². The van der Waals surface area contributed by atoms with Gasteiger partial charge in [-0.3, -0.25) is 0 Å². The zero-order valence-corrected chi connectivity index (χ0v) is 10.3. The third-order valence-corrected chi connectivity index (χ3v) is 3.84. The van der Waals surface area contributed by atoms with Gasteiger partial charge in [-0.05, 0) is 23.1 Å². The average Bonchev–Trinajstić information content (AvgIpc) is 2.71. The fraction of sp³-hybridized carbons (Fsp3) is 0.167. The molecule has 78 valence electrons. The molecule has 0 saturated carbocycles. The molecule has 2 rings (SSSR count). The Bertz CT molecular complexity index is 423. The van der Waals surface area contributed by atoms with Gasteiger partial charge in [-0.25, -0.2) is 0 Å². The van der Waals surface area contributed by atoms with E-state index in [0.717, 1.165) is 17.0 Å². The van der Waals surface area contributed by atoms with E-state index in [-0.39, 0.29) is 5.38 Å². The first-order valence-corrected chi connectivity index (χ1v) is 6.37. The first-order valence-electron chi connectivity index (χ1n) is 4.68. The molecule has 0 spiro atoms. The maximum absolute atomic E-state index is 6.33. The van der Waals surface area contributed by atoms with Crippen LogP contribution >= 0.6 is 34.5 Å². The molecule has 0 nitrogen and oxygen atoms in total. The summed E-state index contributed by atoms with van der Waals surface area (Å²) in [5.74, 6) is 0. The fourth-order valence-electron chi connectivity index (χ4n) is 1.44. The van der Waals surface area contributed by atoms with Gasteiger partial charge in [0.2, 0.25) is 0 Å². The Morgan fingerprint density at radius 2 is 1.93 bits per heavy atom. The van der Waals surface area contributed by atoms with E-state index in [9.17, 15) is 0 Å². The summed E-state index contributed by atoms with van der Waals surface area (Å²) < 4.78 is 0. The fourth-order valence-corrected chi connectivity index (χ4v) is 2.97. The Labute approximate surface area is 103 Å². The monoisotopic (exact) mass is 256 g/mol. The molecule has 1 heterocycles. The van der Waals surface area contributed by atoms with Gasteiger partial charge in [0.1, 0.15) is 0 Å². The Kier molecular flexibility index (Phi) is 3.68. The largest absolute Gasteiger partial charge is 0.149 e. The lowest BCUT2D eigenvalue weighted by molar-refractivity contribution is 0.938. The van der Waals surface area contributed by atoms with Gasteiger partial charge in [-0.15, -0.1) is 22.9 Å². The molecule has 15 heavy (non-hydrogen) atoms. The number of hydrogen-bond donors (Lipinski definition) is 0. The third-order valence-electron chi connectivity index (χ3n) is 2.20. The van der Waals surface area contributed by atoms with Gasteiger partial charge in [-0.1, -0.05) is 35.9 Å². The highest BCUT2D eigenvalue weighted by Crippen LogP contribution is 2.31. The molecule has 0 fully saturated rings. The molecule has 1 aromatic heterocycles. The van der Waals surface area contributed by atoms with Crippen molar-refractivity contribution in [2.75, 3.05) is 0 Å². The van der Waals surface area contributed by atoms with Crippen LogP contribution in [0.1, 0.15) is 15.8 Å². The van der Waals surface area contributed by atoms with Crippen LogP contribution in [-0.4, -0.2) is 0 Å². The minimum Gasteiger partial charge on any atom is -0.149 e. The van der Waals surface area contributed by atoms with Crippen LogP contribution < -0.4 is 0 Å². The summed E-state index contributed by atoms with van der Waals surface area (Å²) in [6, 6.07) is 11.9. The van der Waals surface area contributed by atoms with E-state index in [0.29, 0.717) is 0 Å². The predicted octanol–water partition coefficient (Wildman–Crippen LogP) is 4.92. The summed E-state index contributed by atoms with van der Waals surface area (Å²) >= 11 is 14.1. The number of halogens is 2. The highest BCUT2D eigenvalue weighted by molar-refractivity contribution is 7.09. The van der Waals surface area contributed by atoms with Gasteiger partial charge in [0.15, 0.2) is 0 Å². The zero-order chi connectivity index (χ0) is 10.7. The molecule has 1 atom stereocenters. The molecule has 0 bridgehead atoms. The highest BCUT2D eigenvalue weighted by atomic mass is 35.5. The second kappa shape index (κ2) is 5.02. The molecule has 0 saturated heterocycles. The van der Waals surface area contributed by atoms with Crippen LogP contribution in [0, 0.1) is 0 Å². The normalized spacial score (nSPS) is 12.7. The van der Waals surface area contributed by atoms with Gasteiger partial charge in [-0.2, -0.15) is 0 Å². The van der Waals surface area contributed by atoms with E-state index < -0.39 is 0 Å². The van der Waals surface area contributed by atoms with Crippen molar-refractivity contribution in [1.29, 1.82) is 0 Å². The SMILES string of the molecule is Clc1ccccc1C(Cl)Cc1cccs1. The molecule has 0 aliphatic heterocycles. The summed E-state index contributed by atoms with van der Waals surface area (Å²) in [5.41, 5.74) is 1.01. The summed E-state index contributed by atoms with van der Waals surface area (Å²) in [4.78, 5) is 1.29. The molecular weight excluding hydrogens is 247 g/mol. The standard InChI is InChI=1S/C12H10Cl2S/c13-11-6-2-1-5-10(11)12(14)8-9-4-3-7-15-9/h1-7,12H,8H2. The molecule has 1 aromatic carbocycles. The van der Waals surface area contributed by atoms with Crippen LogP contribution in [0.25, 0.3) is 0 Å². The lowest BCUT2D eigenvalue weighted by Crippen LogP contribution is -1.94. The Hall–Kier alpha value is -0.500. The number of thiophene rings is 1. The highest BCUT2D eigenvalue weighted by Gasteiger charge is 2.12. The second-order valence-electron chi connectivity index (χ2n) is 3.27. The number of alkyl halides is 1.